The van der Waals surface area contributed by atoms with E-state index in [-0.39, 0.29) is 18.9 Å². The summed E-state index contributed by atoms with van der Waals surface area (Å²) in [5, 5.41) is 86.4. The Morgan fingerprint density at radius 3 is 1.45 bits per heavy atom. The number of hydrogen-bond donors (Lipinski definition) is 9. The van der Waals surface area contributed by atoms with Crippen LogP contribution in [0, 0.1) is 0 Å². The van der Waals surface area contributed by atoms with E-state index < -0.39 is 86.8 Å². The van der Waals surface area contributed by atoms with E-state index in [1.807, 2.05) is 6.08 Å². The molecule has 0 aliphatic carbocycles. The zero-order chi connectivity index (χ0) is 53.2. The molecule has 2 saturated heterocycles. The van der Waals surface area contributed by atoms with Gasteiger partial charge in [-0.2, -0.15) is 0 Å². The summed E-state index contributed by atoms with van der Waals surface area (Å²) in [5.74, 6) is -0.254. The van der Waals surface area contributed by atoms with Gasteiger partial charge in [-0.05, 0) is 77.0 Å². The third-order valence-electron chi connectivity index (χ3n) is 13.0. The van der Waals surface area contributed by atoms with Crippen LogP contribution < -0.4 is 5.32 Å². The van der Waals surface area contributed by atoms with Crippen molar-refractivity contribution in [3.63, 3.8) is 0 Å². The summed E-state index contributed by atoms with van der Waals surface area (Å²) < 4.78 is 22.6. The molecule has 2 aliphatic rings. The first-order chi connectivity index (χ1) is 35.6. The average molecular weight is 1030 g/mol. The van der Waals surface area contributed by atoms with Crippen molar-refractivity contribution in [1.82, 2.24) is 5.32 Å². The molecule has 2 rings (SSSR count). The molecule has 0 aromatic heterocycles. The van der Waals surface area contributed by atoms with E-state index in [1.165, 1.54) is 44.9 Å². The molecule has 0 spiro atoms. The minimum absolute atomic E-state index is 0.254. The Hall–Kier alpha value is -3.09. The number of nitrogens with one attached hydrogen (secondary N) is 1. The van der Waals surface area contributed by atoms with Crippen LogP contribution in [0.1, 0.15) is 174 Å². The van der Waals surface area contributed by atoms with Crippen LogP contribution in [0.15, 0.2) is 97.2 Å². The molecule has 2 aliphatic heterocycles. The maximum absolute atomic E-state index is 13.1. The van der Waals surface area contributed by atoms with Crippen molar-refractivity contribution < 1.29 is 64.6 Å². The molecule has 14 nitrogen and oxygen atoms in total. The molecule has 2 fully saturated rings. The first-order valence-electron chi connectivity index (χ1n) is 28.0. The van der Waals surface area contributed by atoms with Crippen LogP contribution in [0.3, 0.4) is 0 Å². The van der Waals surface area contributed by atoms with Crippen LogP contribution in [-0.2, 0) is 23.7 Å². The van der Waals surface area contributed by atoms with Gasteiger partial charge < -0.3 is 65.1 Å². The number of amides is 1. The largest absolute Gasteiger partial charge is 0.394 e. The van der Waals surface area contributed by atoms with Crippen molar-refractivity contribution in [2.75, 3.05) is 19.8 Å². The summed E-state index contributed by atoms with van der Waals surface area (Å²) in [6.07, 6.45) is 43.6. The number of aliphatic hydroxyl groups is 8. The van der Waals surface area contributed by atoms with Crippen LogP contribution in [0.5, 0.6) is 0 Å². The minimum Gasteiger partial charge on any atom is -0.394 e. The Morgan fingerprint density at radius 2 is 0.945 bits per heavy atom. The highest BCUT2D eigenvalue weighted by atomic mass is 16.7. The van der Waals surface area contributed by atoms with Crippen molar-refractivity contribution in [2.24, 2.45) is 0 Å². The second-order valence-corrected chi connectivity index (χ2v) is 19.3. The molecule has 0 aromatic rings. The topological polar surface area (TPSA) is 228 Å². The van der Waals surface area contributed by atoms with Crippen LogP contribution in [0.4, 0.5) is 0 Å². The fourth-order valence-corrected chi connectivity index (χ4v) is 8.50. The number of ether oxygens (including phenoxy) is 4. The summed E-state index contributed by atoms with van der Waals surface area (Å²) >= 11 is 0. The lowest BCUT2D eigenvalue weighted by atomic mass is 9.97. The van der Waals surface area contributed by atoms with Crippen molar-refractivity contribution in [3.05, 3.63) is 97.2 Å². The van der Waals surface area contributed by atoms with Crippen molar-refractivity contribution in [3.8, 4) is 0 Å². The standard InChI is InChI=1S/C59H99NO13/c1-3-5-7-9-11-12-13-14-15-16-17-18-19-20-21-22-23-24-25-26-27-28-29-30-31-32-33-34-35-36-37-39-41-43-51(64)60-47(48(63)42-40-38-10-8-6-4-2)46-70-58-56(69)54(67)57(50(45-62)72-58)73-59-55(68)53(66)52(65)49(44-61)71-59/h5,7,11-12,14-15,17-18,20-21,23-24,26-27,40,42,47-50,52-59,61-63,65-69H,3-4,6,8-10,13,16,19,22,25,28-39,41,43-46H2,1-2H3,(H,60,64)/b7-5-,12-11-,15-14-,18-17-,21-20-,24-23-,27-26-,42-40+. The molecule has 418 valence electrons. The minimum atomic E-state index is -1.79. The van der Waals surface area contributed by atoms with Crippen molar-refractivity contribution in [1.29, 1.82) is 0 Å². The fraction of sp³-hybridized carbons (Fsp3) is 0.712. The van der Waals surface area contributed by atoms with Gasteiger partial charge in [0.2, 0.25) is 5.91 Å². The summed E-state index contributed by atoms with van der Waals surface area (Å²) in [4.78, 5) is 13.1. The molecule has 12 atom stereocenters. The summed E-state index contributed by atoms with van der Waals surface area (Å²) in [6.45, 7) is 2.56. The highest BCUT2D eigenvalue weighted by molar-refractivity contribution is 5.76. The maximum atomic E-state index is 13.1. The Bertz CT molecular complexity index is 1590. The second kappa shape index (κ2) is 44.1. The fourth-order valence-electron chi connectivity index (χ4n) is 8.50. The zero-order valence-electron chi connectivity index (χ0n) is 44.6. The molecule has 2 heterocycles. The Labute approximate surface area is 439 Å². The summed E-state index contributed by atoms with van der Waals surface area (Å²) in [5.41, 5.74) is 0. The lowest BCUT2D eigenvalue weighted by molar-refractivity contribution is -0.359. The molecule has 0 saturated carbocycles. The molecule has 9 N–H and O–H groups in total. The molecular weight excluding hydrogens is 931 g/mol. The van der Waals surface area contributed by atoms with Gasteiger partial charge in [0.1, 0.15) is 48.8 Å². The summed E-state index contributed by atoms with van der Waals surface area (Å²) in [7, 11) is 0. The Kier molecular flexibility index (Phi) is 39.9. The number of unbranched alkanes of at least 4 members (excludes halogenated alkanes) is 15. The average Bonchev–Trinajstić information content (AvgIpc) is 3.39. The lowest BCUT2D eigenvalue weighted by Gasteiger charge is -2.46. The molecule has 0 bridgehead atoms. The van der Waals surface area contributed by atoms with E-state index in [1.54, 1.807) is 6.08 Å². The van der Waals surface area contributed by atoms with Crippen LogP contribution in [0.2, 0.25) is 0 Å². The van der Waals surface area contributed by atoms with Gasteiger partial charge in [0.25, 0.3) is 0 Å². The molecule has 73 heavy (non-hydrogen) atoms. The van der Waals surface area contributed by atoms with Gasteiger partial charge in [0.05, 0.1) is 32.0 Å². The normalized spacial score (nSPS) is 26.2. The van der Waals surface area contributed by atoms with Gasteiger partial charge in [-0.1, -0.05) is 188 Å². The zero-order valence-corrected chi connectivity index (χ0v) is 44.6. The second-order valence-electron chi connectivity index (χ2n) is 19.3. The number of rotatable bonds is 42. The van der Waals surface area contributed by atoms with E-state index in [0.717, 1.165) is 103 Å². The van der Waals surface area contributed by atoms with Crippen LogP contribution in [-0.4, -0.2) is 140 Å². The first-order valence-corrected chi connectivity index (χ1v) is 28.0. The quantitative estimate of drug-likeness (QED) is 0.0206. The number of allylic oxidation sites excluding steroid dienone is 15. The van der Waals surface area contributed by atoms with E-state index in [0.29, 0.717) is 6.42 Å². The monoisotopic (exact) mass is 1030 g/mol. The van der Waals surface area contributed by atoms with Gasteiger partial charge in [0, 0.05) is 6.42 Å². The van der Waals surface area contributed by atoms with Gasteiger partial charge >= 0.3 is 0 Å². The molecule has 0 aromatic carbocycles. The number of carbonyl (C=O) groups is 1. The van der Waals surface area contributed by atoms with Crippen LogP contribution >= 0.6 is 0 Å². The molecule has 12 unspecified atom stereocenters. The van der Waals surface area contributed by atoms with Gasteiger partial charge in [0.15, 0.2) is 12.6 Å². The van der Waals surface area contributed by atoms with E-state index >= 15 is 0 Å². The molecule has 1 amide bonds. The van der Waals surface area contributed by atoms with E-state index in [9.17, 15) is 45.6 Å². The first kappa shape index (κ1) is 66.0. The summed E-state index contributed by atoms with van der Waals surface area (Å²) in [6, 6.07) is -0.918. The van der Waals surface area contributed by atoms with E-state index in [4.69, 9.17) is 18.9 Å². The highest BCUT2D eigenvalue weighted by Crippen LogP contribution is 2.30. The number of aliphatic hydroxyl groups excluding tert-OH is 8. The maximum Gasteiger partial charge on any atom is 0.220 e. The third-order valence-corrected chi connectivity index (χ3v) is 13.0. The molecule has 0 radical (unpaired) electrons. The molecular formula is C59H99NO13. The molecule has 14 heteroatoms. The van der Waals surface area contributed by atoms with E-state index in [2.05, 4.69) is 104 Å². The van der Waals surface area contributed by atoms with Gasteiger partial charge in [-0.25, -0.2) is 0 Å². The predicted molar refractivity (Wildman–Crippen MR) is 290 cm³/mol. The lowest BCUT2D eigenvalue weighted by Crippen LogP contribution is -2.65. The Morgan fingerprint density at radius 1 is 0.507 bits per heavy atom. The van der Waals surface area contributed by atoms with Crippen LogP contribution in [0.25, 0.3) is 0 Å². The van der Waals surface area contributed by atoms with Crippen molar-refractivity contribution in [2.45, 2.75) is 248 Å². The highest BCUT2D eigenvalue weighted by Gasteiger charge is 2.51. The number of carbonyl (C=O) groups excluding carboxylic acids is 1. The smallest absolute Gasteiger partial charge is 0.220 e. The number of hydrogen-bond acceptors (Lipinski definition) is 13. The predicted octanol–water partition coefficient (Wildman–Crippen LogP) is 8.71. The van der Waals surface area contributed by atoms with Gasteiger partial charge in [-0.3, -0.25) is 4.79 Å². The van der Waals surface area contributed by atoms with Crippen molar-refractivity contribution >= 4 is 5.91 Å². The Balaban J connectivity index is 1.60. The third kappa shape index (κ3) is 30.3. The van der Waals surface area contributed by atoms with Gasteiger partial charge in [-0.15, -0.1) is 0 Å². The SMILES string of the molecule is CC/C=C\C/C=C\C/C=C\C/C=C\C/C=C\C/C=C\C/C=C\CCCCCCCCCCCCCC(=O)NC(COC1OC(CO)C(OC2OC(CO)C(O)C(O)C2O)C(O)C1O)C(O)/C=C/CCCCCC.